The molecule has 0 fully saturated rings. The van der Waals surface area contributed by atoms with Gasteiger partial charge in [0.25, 0.3) is 0 Å². The Morgan fingerprint density at radius 3 is 2.62 bits per heavy atom. The second kappa shape index (κ2) is 4.69. The Morgan fingerprint density at radius 1 is 1.50 bits per heavy atom. The van der Waals surface area contributed by atoms with E-state index < -0.39 is 24.4 Å². The van der Waals surface area contributed by atoms with Crippen LogP contribution in [0.4, 0.5) is 19.0 Å². The third kappa shape index (κ3) is 3.37. The van der Waals surface area contributed by atoms with Gasteiger partial charge in [0.2, 0.25) is 0 Å². The number of aromatic nitrogens is 1. The molecule has 0 radical (unpaired) electrons. The molecule has 4 nitrogen and oxygen atoms in total. The molecule has 0 saturated carbocycles. The van der Waals surface area contributed by atoms with Gasteiger partial charge in [-0.2, -0.15) is 13.2 Å². The summed E-state index contributed by atoms with van der Waals surface area (Å²) in [5.74, 6) is -1.32. The fraction of sp³-hybridized carbons (Fsp3) is 0.250. The van der Waals surface area contributed by atoms with Gasteiger partial charge in [0.05, 0.1) is 0 Å². The normalized spacial score (nSPS) is 11.2. The van der Waals surface area contributed by atoms with E-state index in [4.69, 9.17) is 5.11 Å². The zero-order valence-electron chi connectivity index (χ0n) is 7.68. The van der Waals surface area contributed by atoms with Gasteiger partial charge in [-0.15, -0.1) is 0 Å². The van der Waals surface area contributed by atoms with Crippen LogP contribution in [-0.4, -0.2) is 22.6 Å². The first-order chi connectivity index (χ1) is 7.30. The number of hydrogen-bond acceptors (Lipinski definition) is 3. The second-order valence-corrected chi connectivity index (χ2v) is 3.63. The minimum absolute atomic E-state index is 0.141. The standard InChI is InChI=1S/C8H6BrF3N2O2/c9-4-1-2-5(13-3-6(15)16)14-7(4)8(10,11)12/h1-2H,3H2,(H,13,14)(H,15,16). The molecule has 1 aromatic heterocycles. The number of aliphatic carboxylic acids is 1. The van der Waals surface area contributed by atoms with E-state index in [0.717, 1.165) is 6.07 Å². The Bertz CT molecular complexity index is 409. The molecule has 0 aliphatic heterocycles. The van der Waals surface area contributed by atoms with Crippen molar-refractivity contribution in [3.8, 4) is 0 Å². The largest absolute Gasteiger partial charge is 0.480 e. The van der Waals surface area contributed by atoms with Crippen LogP contribution in [0.25, 0.3) is 0 Å². The van der Waals surface area contributed by atoms with Crippen LogP contribution in [-0.2, 0) is 11.0 Å². The average molecular weight is 299 g/mol. The summed E-state index contributed by atoms with van der Waals surface area (Å²) in [4.78, 5) is 13.5. The predicted octanol–water partition coefficient (Wildman–Crippen LogP) is 2.36. The van der Waals surface area contributed by atoms with Gasteiger partial charge < -0.3 is 10.4 Å². The van der Waals surface area contributed by atoms with Crippen molar-refractivity contribution in [3.63, 3.8) is 0 Å². The molecule has 0 aliphatic rings. The molecular weight excluding hydrogens is 293 g/mol. The van der Waals surface area contributed by atoms with E-state index in [9.17, 15) is 18.0 Å². The van der Waals surface area contributed by atoms with Crippen molar-refractivity contribution in [1.29, 1.82) is 0 Å². The first-order valence-electron chi connectivity index (χ1n) is 4.00. The zero-order chi connectivity index (χ0) is 12.3. The lowest BCUT2D eigenvalue weighted by molar-refractivity contribution is -0.141. The maximum absolute atomic E-state index is 12.4. The maximum Gasteiger partial charge on any atom is 0.434 e. The van der Waals surface area contributed by atoms with Gasteiger partial charge >= 0.3 is 12.1 Å². The first-order valence-corrected chi connectivity index (χ1v) is 4.79. The van der Waals surface area contributed by atoms with Gasteiger partial charge in [-0.25, -0.2) is 4.98 Å². The van der Waals surface area contributed by atoms with Crippen molar-refractivity contribution in [2.24, 2.45) is 0 Å². The fourth-order valence-electron chi connectivity index (χ4n) is 0.906. The van der Waals surface area contributed by atoms with Crippen molar-refractivity contribution in [3.05, 3.63) is 22.3 Å². The summed E-state index contributed by atoms with van der Waals surface area (Å²) in [6.45, 7) is -0.494. The number of carboxylic acid groups (broad SMARTS) is 1. The third-order valence-electron chi connectivity index (χ3n) is 1.54. The molecular formula is C8H6BrF3N2O2. The fourth-order valence-corrected chi connectivity index (χ4v) is 1.35. The van der Waals surface area contributed by atoms with E-state index in [1.54, 1.807) is 0 Å². The van der Waals surface area contributed by atoms with Crippen LogP contribution in [0.5, 0.6) is 0 Å². The van der Waals surface area contributed by atoms with Crippen LogP contribution >= 0.6 is 15.9 Å². The van der Waals surface area contributed by atoms with Gasteiger partial charge in [0.1, 0.15) is 12.4 Å². The number of hydrogen-bond donors (Lipinski definition) is 2. The highest BCUT2D eigenvalue weighted by molar-refractivity contribution is 9.10. The molecule has 0 amide bonds. The van der Waals surface area contributed by atoms with Crippen molar-refractivity contribution in [2.75, 3.05) is 11.9 Å². The number of nitrogens with zero attached hydrogens (tertiary/aromatic N) is 1. The van der Waals surface area contributed by atoms with Crippen LogP contribution in [0.3, 0.4) is 0 Å². The highest BCUT2D eigenvalue weighted by Gasteiger charge is 2.35. The van der Waals surface area contributed by atoms with Crippen LogP contribution in [0.2, 0.25) is 0 Å². The molecule has 1 rings (SSSR count). The lowest BCUT2D eigenvalue weighted by Gasteiger charge is -2.10. The second-order valence-electron chi connectivity index (χ2n) is 2.77. The molecule has 0 saturated heterocycles. The van der Waals surface area contributed by atoms with Crippen molar-refractivity contribution in [1.82, 2.24) is 4.98 Å². The summed E-state index contributed by atoms with van der Waals surface area (Å²) in [6, 6.07) is 2.41. The molecule has 0 atom stereocenters. The lowest BCUT2D eigenvalue weighted by atomic mass is 10.3. The third-order valence-corrected chi connectivity index (χ3v) is 2.18. The number of alkyl halides is 3. The summed E-state index contributed by atoms with van der Waals surface area (Å²) < 4.78 is 37.0. The number of rotatable bonds is 3. The van der Waals surface area contributed by atoms with Crippen molar-refractivity contribution in [2.45, 2.75) is 6.18 Å². The lowest BCUT2D eigenvalue weighted by Crippen LogP contribution is -2.15. The van der Waals surface area contributed by atoms with Crippen molar-refractivity contribution < 1.29 is 23.1 Å². The molecule has 2 N–H and O–H groups in total. The quantitative estimate of drug-likeness (QED) is 0.899. The predicted molar refractivity (Wildman–Crippen MR) is 53.1 cm³/mol. The van der Waals surface area contributed by atoms with E-state index in [2.05, 4.69) is 26.2 Å². The molecule has 1 aromatic rings. The Labute approximate surface area is 96.6 Å². The van der Waals surface area contributed by atoms with E-state index in [1.165, 1.54) is 6.07 Å². The van der Waals surface area contributed by atoms with Gasteiger partial charge in [-0.3, -0.25) is 4.79 Å². The highest BCUT2D eigenvalue weighted by Crippen LogP contribution is 2.33. The molecule has 16 heavy (non-hydrogen) atoms. The summed E-state index contributed by atoms with van der Waals surface area (Å²) in [5.41, 5.74) is -1.09. The summed E-state index contributed by atoms with van der Waals surface area (Å²) in [7, 11) is 0. The minimum atomic E-state index is -4.58. The molecule has 0 aliphatic carbocycles. The number of halogens is 4. The van der Waals surface area contributed by atoms with Gasteiger partial charge in [0.15, 0.2) is 5.69 Å². The Morgan fingerprint density at radius 2 is 2.12 bits per heavy atom. The number of pyridine rings is 1. The van der Waals surface area contributed by atoms with Crippen LogP contribution in [0.1, 0.15) is 5.69 Å². The number of anilines is 1. The van der Waals surface area contributed by atoms with Crippen LogP contribution in [0.15, 0.2) is 16.6 Å². The summed E-state index contributed by atoms with van der Waals surface area (Å²) in [5, 5.41) is 10.6. The highest BCUT2D eigenvalue weighted by atomic mass is 79.9. The van der Waals surface area contributed by atoms with E-state index in [-0.39, 0.29) is 10.3 Å². The molecule has 88 valence electrons. The SMILES string of the molecule is O=C(O)CNc1ccc(Br)c(C(F)(F)F)n1. The van der Waals surface area contributed by atoms with E-state index in [1.807, 2.05) is 0 Å². The zero-order valence-corrected chi connectivity index (χ0v) is 9.26. The molecule has 0 spiro atoms. The van der Waals surface area contributed by atoms with Gasteiger partial charge in [-0.1, -0.05) is 0 Å². The number of carboxylic acids is 1. The maximum atomic E-state index is 12.4. The smallest absolute Gasteiger partial charge is 0.434 e. The average Bonchev–Trinajstić information content (AvgIpc) is 2.14. The Hall–Kier alpha value is -1.31. The number of carbonyl (C=O) groups is 1. The van der Waals surface area contributed by atoms with Gasteiger partial charge in [0, 0.05) is 4.47 Å². The Balaban J connectivity index is 2.94. The topological polar surface area (TPSA) is 62.2 Å². The number of nitrogens with one attached hydrogen (secondary N) is 1. The molecule has 0 aromatic carbocycles. The minimum Gasteiger partial charge on any atom is -0.480 e. The first kappa shape index (κ1) is 12.8. The summed E-state index contributed by atoms with van der Waals surface area (Å²) in [6.07, 6.45) is -4.58. The van der Waals surface area contributed by atoms with Crippen LogP contribution in [0, 0.1) is 0 Å². The monoisotopic (exact) mass is 298 g/mol. The Kier molecular flexibility index (Phi) is 3.74. The van der Waals surface area contributed by atoms with E-state index in [0.29, 0.717) is 0 Å². The molecule has 8 heteroatoms. The molecule has 1 heterocycles. The molecule has 0 bridgehead atoms. The van der Waals surface area contributed by atoms with Gasteiger partial charge in [-0.05, 0) is 28.1 Å². The van der Waals surface area contributed by atoms with Crippen LogP contribution < -0.4 is 5.32 Å². The van der Waals surface area contributed by atoms with Crippen molar-refractivity contribution >= 4 is 27.7 Å². The summed E-state index contributed by atoms with van der Waals surface area (Å²) >= 11 is 2.72. The molecule has 0 unspecified atom stereocenters. The van der Waals surface area contributed by atoms with E-state index >= 15 is 0 Å².